The van der Waals surface area contributed by atoms with Crippen molar-refractivity contribution < 1.29 is 79.2 Å². The van der Waals surface area contributed by atoms with Gasteiger partial charge < -0.3 is 9.35 Å². The van der Waals surface area contributed by atoms with Gasteiger partial charge in [0.2, 0.25) is 5.91 Å². The summed E-state index contributed by atoms with van der Waals surface area (Å²) in [4.78, 5) is 22.3. The average Bonchev–Trinajstić information content (AvgIpc) is 2.20. The Bertz CT molecular complexity index is 397. The number of hydrogen-bond acceptors (Lipinski definition) is 6. The zero-order valence-electron chi connectivity index (χ0n) is 11.5. The van der Waals surface area contributed by atoms with Crippen LogP contribution in [0.3, 0.4) is 0 Å². The van der Waals surface area contributed by atoms with Gasteiger partial charge in [-0.3, -0.25) is 10.0 Å². The van der Waals surface area contributed by atoms with Crippen LogP contribution in [0.2, 0.25) is 0 Å². The third-order valence-electron chi connectivity index (χ3n) is 2.28. The van der Waals surface area contributed by atoms with Crippen molar-refractivity contribution in [2.75, 3.05) is 12.3 Å². The van der Waals surface area contributed by atoms with E-state index < -0.39 is 27.7 Å². The van der Waals surface area contributed by atoms with Gasteiger partial charge in [0, 0.05) is 24.6 Å². The minimum atomic E-state index is -4.25. The molecule has 106 valence electrons. The molecule has 0 aromatic rings. The van der Waals surface area contributed by atoms with Crippen LogP contribution in [0.5, 0.6) is 0 Å². The summed E-state index contributed by atoms with van der Waals surface area (Å²) in [6, 6.07) is 0. The third kappa shape index (κ3) is 12.1. The van der Waals surface area contributed by atoms with Crippen LogP contribution in [0.4, 0.5) is 0 Å². The average molecular weight is 319 g/mol. The normalized spacial score (nSPS) is 12.4. The molecule has 0 fully saturated rings. The summed E-state index contributed by atoms with van der Waals surface area (Å²) in [6.45, 7) is 2.82. The SMILES string of the molecule is CC(=O)CC(C)C(=O)N(O)CCCCS(=O)(=O)[O-].[K+]. The van der Waals surface area contributed by atoms with Crippen molar-refractivity contribution in [3.05, 3.63) is 0 Å². The molecule has 19 heavy (non-hydrogen) atoms. The zero-order valence-corrected chi connectivity index (χ0v) is 15.4. The van der Waals surface area contributed by atoms with Crippen molar-refractivity contribution in [1.29, 1.82) is 0 Å². The van der Waals surface area contributed by atoms with E-state index in [0.717, 1.165) is 0 Å². The molecular weight excluding hydrogens is 301 g/mol. The van der Waals surface area contributed by atoms with Gasteiger partial charge in [0.15, 0.2) is 0 Å². The molecule has 0 bridgehead atoms. The molecule has 0 aliphatic rings. The number of hydrogen-bond donors (Lipinski definition) is 1. The molecule has 1 unspecified atom stereocenters. The number of unbranched alkanes of at least 4 members (excludes halogenated alkanes) is 1. The molecule has 0 saturated carbocycles. The van der Waals surface area contributed by atoms with Gasteiger partial charge in [-0.1, -0.05) is 6.92 Å². The summed E-state index contributed by atoms with van der Waals surface area (Å²) in [5.74, 6) is -1.87. The minimum absolute atomic E-state index is 0. The Morgan fingerprint density at radius 1 is 1.32 bits per heavy atom. The first-order chi connectivity index (χ1) is 8.13. The second-order valence-corrected chi connectivity index (χ2v) is 5.76. The van der Waals surface area contributed by atoms with Crippen LogP contribution in [-0.4, -0.2) is 47.2 Å². The van der Waals surface area contributed by atoms with Crippen LogP contribution in [-0.2, 0) is 19.7 Å². The van der Waals surface area contributed by atoms with E-state index in [9.17, 15) is 27.8 Å². The predicted octanol–water partition coefficient (Wildman–Crippen LogP) is -2.85. The number of carbonyl (C=O) groups is 2. The first kappa shape index (κ1) is 21.9. The summed E-state index contributed by atoms with van der Waals surface area (Å²) in [7, 11) is -4.25. The molecular formula is C10H18KNO6S. The van der Waals surface area contributed by atoms with Gasteiger partial charge >= 0.3 is 51.4 Å². The van der Waals surface area contributed by atoms with Crippen LogP contribution in [0.1, 0.15) is 33.1 Å². The number of nitrogens with zero attached hydrogens (tertiary/aromatic N) is 1. The fourth-order valence-electron chi connectivity index (χ4n) is 1.42. The summed E-state index contributed by atoms with van der Waals surface area (Å²) in [5.41, 5.74) is 0. The number of carbonyl (C=O) groups excluding carboxylic acids is 2. The maximum Gasteiger partial charge on any atom is 1.00 e. The smallest absolute Gasteiger partial charge is 0.748 e. The van der Waals surface area contributed by atoms with E-state index in [1.54, 1.807) is 0 Å². The molecule has 0 aliphatic carbocycles. The van der Waals surface area contributed by atoms with Gasteiger partial charge in [0.1, 0.15) is 5.78 Å². The zero-order chi connectivity index (χ0) is 14.3. The molecule has 0 saturated heterocycles. The number of amides is 1. The Balaban J connectivity index is 0. The number of Topliss-reactive ketones (excluding diaryl/α,β-unsaturated/α-hetero) is 1. The quantitative estimate of drug-likeness (QED) is 0.169. The minimum Gasteiger partial charge on any atom is -0.748 e. The van der Waals surface area contributed by atoms with Crippen LogP contribution in [0.15, 0.2) is 0 Å². The summed E-state index contributed by atoms with van der Waals surface area (Å²) in [6.07, 6.45) is 0.332. The van der Waals surface area contributed by atoms with Crippen LogP contribution >= 0.6 is 0 Å². The van der Waals surface area contributed by atoms with Gasteiger partial charge in [-0.05, 0) is 19.8 Å². The number of hydroxylamine groups is 2. The fourth-order valence-corrected chi connectivity index (χ4v) is 1.98. The molecule has 0 aromatic heterocycles. The molecule has 0 aromatic carbocycles. The Morgan fingerprint density at radius 3 is 2.26 bits per heavy atom. The fraction of sp³-hybridized carbons (Fsp3) is 0.800. The Labute approximate surface area is 155 Å². The predicted molar refractivity (Wildman–Crippen MR) is 61.8 cm³/mol. The summed E-state index contributed by atoms with van der Waals surface area (Å²) < 4.78 is 30.9. The van der Waals surface area contributed by atoms with Crippen LogP contribution < -0.4 is 51.4 Å². The van der Waals surface area contributed by atoms with E-state index >= 15 is 0 Å². The first-order valence-corrected chi connectivity index (χ1v) is 7.14. The molecule has 0 rings (SSSR count). The third-order valence-corrected chi connectivity index (χ3v) is 3.07. The largest absolute Gasteiger partial charge is 1.00 e. The topological polar surface area (TPSA) is 115 Å². The van der Waals surface area contributed by atoms with Crippen molar-refractivity contribution >= 4 is 21.8 Å². The second kappa shape index (κ2) is 10.4. The molecule has 1 N–H and O–H groups in total. The molecule has 0 heterocycles. The van der Waals surface area contributed by atoms with Crippen molar-refractivity contribution in [3.63, 3.8) is 0 Å². The van der Waals surface area contributed by atoms with Gasteiger partial charge in [0.25, 0.3) is 0 Å². The van der Waals surface area contributed by atoms with E-state index in [1.165, 1.54) is 13.8 Å². The van der Waals surface area contributed by atoms with Crippen LogP contribution in [0.25, 0.3) is 0 Å². The molecule has 0 aliphatic heterocycles. The summed E-state index contributed by atoms with van der Waals surface area (Å²) in [5, 5.41) is 9.84. The van der Waals surface area contributed by atoms with Crippen molar-refractivity contribution in [2.24, 2.45) is 5.92 Å². The van der Waals surface area contributed by atoms with Crippen molar-refractivity contribution in [3.8, 4) is 0 Å². The summed E-state index contributed by atoms with van der Waals surface area (Å²) >= 11 is 0. The molecule has 1 atom stereocenters. The van der Waals surface area contributed by atoms with Crippen LogP contribution in [0, 0.1) is 5.92 Å². The van der Waals surface area contributed by atoms with Gasteiger partial charge in [-0.15, -0.1) is 0 Å². The number of rotatable bonds is 8. The maximum atomic E-state index is 11.5. The monoisotopic (exact) mass is 319 g/mol. The van der Waals surface area contributed by atoms with E-state index in [2.05, 4.69) is 0 Å². The Morgan fingerprint density at radius 2 is 1.84 bits per heavy atom. The molecule has 1 amide bonds. The molecule has 0 spiro atoms. The van der Waals surface area contributed by atoms with Gasteiger partial charge in [0.05, 0.1) is 10.1 Å². The van der Waals surface area contributed by atoms with E-state index in [0.29, 0.717) is 5.06 Å². The molecule has 7 nitrogen and oxygen atoms in total. The molecule has 9 heteroatoms. The van der Waals surface area contributed by atoms with Crippen molar-refractivity contribution in [1.82, 2.24) is 5.06 Å². The van der Waals surface area contributed by atoms with Crippen molar-refractivity contribution in [2.45, 2.75) is 33.1 Å². The van der Waals surface area contributed by atoms with Gasteiger partial charge in [-0.2, -0.15) is 0 Å². The van der Waals surface area contributed by atoms with E-state index in [1.807, 2.05) is 0 Å². The second-order valence-electron chi connectivity index (χ2n) is 4.24. The van der Waals surface area contributed by atoms with E-state index in [4.69, 9.17) is 0 Å². The molecule has 0 radical (unpaired) electrons. The number of ketones is 1. The standard InChI is InChI=1S/C10H19NO6S.K/c1-8(7-9(2)12)10(13)11(14)5-3-4-6-18(15,16)17;/h8,14H,3-7H2,1-2H3,(H,15,16,17);/q;+1/p-1. The van der Waals surface area contributed by atoms with E-state index in [-0.39, 0.29) is 83.0 Å². The maximum absolute atomic E-state index is 11.5. The Kier molecular flexibility index (Phi) is 12.0. The first-order valence-electron chi connectivity index (χ1n) is 5.56. The van der Waals surface area contributed by atoms with Gasteiger partial charge in [-0.25, -0.2) is 13.5 Å². The Hall–Kier alpha value is 0.646.